The van der Waals surface area contributed by atoms with Gasteiger partial charge in [-0.05, 0) is 37.6 Å². The SMILES string of the molecule is c1cc2ccn(CC3CCNC3)c2cn1. The molecule has 3 nitrogen and oxygen atoms in total. The molecule has 0 spiro atoms. The van der Waals surface area contributed by atoms with E-state index in [9.17, 15) is 0 Å². The smallest absolute Gasteiger partial charge is 0.0666 e. The minimum atomic E-state index is 0.779. The van der Waals surface area contributed by atoms with Gasteiger partial charge in [0.05, 0.1) is 11.7 Å². The summed E-state index contributed by atoms with van der Waals surface area (Å²) in [5.74, 6) is 0.779. The molecule has 1 saturated heterocycles. The highest BCUT2D eigenvalue weighted by Crippen LogP contribution is 2.17. The molecule has 3 rings (SSSR count). The van der Waals surface area contributed by atoms with Crippen molar-refractivity contribution in [2.45, 2.75) is 13.0 Å². The van der Waals surface area contributed by atoms with Crippen molar-refractivity contribution in [1.82, 2.24) is 14.9 Å². The maximum Gasteiger partial charge on any atom is 0.0666 e. The van der Waals surface area contributed by atoms with E-state index in [-0.39, 0.29) is 0 Å². The molecule has 15 heavy (non-hydrogen) atoms. The summed E-state index contributed by atoms with van der Waals surface area (Å²) in [5, 5.41) is 4.69. The third kappa shape index (κ3) is 1.63. The molecular weight excluding hydrogens is 186 g/mol. The molecule has 0 aliphatic carbocycles. The molecule has 1 unspecified atom stereocenters. The summed E-state index contributed by atoms with van der Waals surface area (Å²) in [6, 6.07) is 4.23. The van der Waals surface area contributed by atoms with Crippen molar-refractivity contribution < 1.29 is 0 Å². The Hall–Kier alpha value is -1.35. The van der Waals surface area contributed by atoms with Crippen LogP contribution < -0.4 is 5.32 Å². The van der Waals surface area contributed by atoms with Crippen molar-refractivity contribution in [1.29, 1.82) is 0 Å². The predicted octanol–water partition coefficient (Wildman–Crippen LogP) is 1.65. The van der Waals surface area contributed by atoms with E-state index in [0.29, 0.717) is 0 Å². The second-order valence-corrected chi connectivity index (χ2v) is 4.26. The van der Waals surface area contributed by atoms with Crippen molar-refractivity contribution >= 4 is 10.9 Å². The van der Waals surface area contributed by atoms with Crippen LogP contribution in [0.25, 0.3) is 10.9 Å². The summed E-state index contributed by atoms with van der Waals surface area (Å²) in [6.45, 7) is 3.43. The van der Waals surface area contributed by atoms with Crippen LogP contribution in [0.2, 0.25) is 0 Å². The topological polar surface area (TPSA) is 29.9 Å². The summed E-state index contributed by atoms with van der Waals surface area (Å²) in [6.07, 6.45) is 7.27. The lowest BCUT2D eigenvalue weighted by molar-refractivity contribution is 0.491. The highest BCUT2D eigenvalue weighted by Gasteiger charge is 2.15. The minimum absolute atomic E-state index is 0.779. The van der Waals surface area contributed by atoms with E-state index in [0.717, 1.165) is 19.0 Å². The third-order valence-corrected chi connectivity index (χ3v) is 3.19. The summed E-state index contributed by atoms with van der Waals surface area (Å²) >= 11 is 0. The molecule has 1 fully saturated rings. The van der Waals surface area contributed by atoms with Gasteiger partial charge in [0.2, 0.25) is 0 Å². The van der Waals surface area contributed by atoms with Gasteiger partial charge in [0.15, 0.2) is 0 Å². The van der Waals surface area contributed by atoms with Gasteiger partial charge in [-0.2, -0.15) is 0 Å². The average Bonchev–Trinajstić information content (AvgIpc) is 2.89. The molecule has 2 aromatic rings. The first-order chi connectivity index (χ1) is 7.43. The molecule has 1 N–H and O–H groups in total. The monoisotopic (exact) mass is 201 g/mol. The summed E-state index contributed by atoms with van der Waals surface area (Å²) < 4.78 is 2.32. The van der Waals surface area contributed by atoms with E-state index in [1.54, 1.807) is 0 Å². The zero-order valence-corrected chi connectivity index (χ0v) is 8.69. The first kappa shape index (κ1) is 8.92. The molecule has 0 bridgehead atoms. The molecule has 78 valence electrons. The number of fused-ring (bicyclic) bond motifs is 1. The van der Waals surface area contributed by atoms with E-state index in [1.807, 2.05) is 12.4 Å². The lowest BCUT2D eigenvalue weighted by Gasteiger charge is -2.10. The van der Waals surface area contributed by atoms with Crippen molar-refractivity contribution in [2.75, 3.05) is 13.1 Å². The Bertz CT molecular complexity index is 455. The number of pyridine rings is 1. The summed E-state index contributed by atoms with van der Waals surface area (Å²) in [7, 11) is 0. The molecule has 0 saturated carbocycles. The van der Waals surface area contributed by atoms with E-state index in [4.69, 9.17) is 0 Å². The quantitative estimate of drug-likeness (QED) is 0.800. The summed E-state index contributed by atoms with van der Waals surface area (Å²) in [4.78, 5) is 4.18. The highest BCUT2D eigenvalue weighted by atomic mass is 15.0. The van der Waals surface area contributed by atoms with Gasteiger partial charge >= 0.3 is 0 Å². The molecule has 1 atom stereocenters. The van der Waals surface area contributed by atoms with Crippen LogP contribution in [0, 0.1) is 5.92 Å². The van der Waals surface area contributed by atoms with Gasteiger partial charge in [-0.15, -0.1) is 0 Å². The number of hydrogen-bond donors (Lipinski definition) is 1. The minimum Gasteiger partial charge on any atom is -0.346 e. The van der Waals surface area contributed by atoms with Gasteiger partial charge in [0.1, 0.15) is 0 Å². The van der Waals surface area contributed by atoms with Gasteiger partial charge in [0, 0.05) is 24.3 Å². The highest BCUT2D eigenvalue weighted by molar-refractivity contribution is 5.78. The Labute approximate surface area is 89.1 Å². The largest absolute Gasteiger partial charge is 0.346 e. The van der Waals surface area contributed by atoms with Gasteiger partial charge in [-0.3, -0.25) is 4.98 Å². The van der Waals surface area contributed by atoms with Crippen molar-refractivity contribution in [3.63, 3.8) is 0 Å². The van der Waals surface area contributed by atoms with Crippen LogP contribution in [0.3, 0.4) is 0 Å². The Morgan fingerprint density at radius 3 is 3.33 bits per heavy atom. The maximum absolute atomic E-state index is 4.18. The van der Waals surface area contributed by atoms with Crippen LogP contribution in [-0.4, -0.2) is 22.6 Å². The molecule has 0 amide bonds. The van der Waals surface area contributed by atoms with Crippen LogP contribution in [0.5, 0.6) is 0 Å². The number of nitrogens with zero attached hydrogens (tertiary/aromatic N) is 2. The van der Waals surface area contributed by atoms with Crippen molar-refractivity contribution in [3.8, 4) is 0 Å². The zero-order chi connectivity index (χ0) is 10.1. The molecule has 1 aliphatic heterocycles. The van der Waals surface area contributed by atoms with Crippen LogP contribution in [0.15, 0.2) is 30.7 Å². The molecule has 2 aromatic heterocycles. The predicted molar refractivity (Wildman–Crippen MR) is 60.7 cm³/mol. The maximum atomic E-state index is 4.18. The Balaban J connectivity index is 1.90. The van der Waals surface area contributed by atoms with E-state index in [2.05, 4.69) is 33.2 Å². The normalized spacial score (nSPS) is 21.2. The number of hydrogen-bond acceptors (Lipinski definition) is 2. The molecular formula is C12H15N3. The van der Waals surface area contributed by atoms with Gasteiger partial charge < -0.3 is 9.88 Å². The number of rotatable bonds is 2. The lowest BCUT2D eigenvalue weighted by Crippen LogP contribution is -2.13. The molecule has 0 aromatic carbocycles. The fourth-order valence-corrected chi connectivity index (χ4v) is 2.34. The molecule has 1 aliphatic rings. The van der Waals surface area contributed by atoms with E-state index < -0.39 is 0 Å². The fraction of sp³-hybridized carbons (Fsp3) is 0.417. The van der Waals surface area contributed by atoms with Gasteiger partial charge in [0.25, 0.3) is 0 Å². The Morgan fingerprint density at radius 2 is 2.47 bits per heavy atom. The standard InChI is InChI=1S/C12H15N3/c1-4-13-7-10(1)9-15-6-3-11-2-5-14-8-12(11)15/h2-3,5-6,8,10,13H,1,4,7,9H2. The Kier molecular flexibility index (Phi) is 2.18. The number of nitrogens with one attached hydrogen (secondary N) is 1. The van der Waals surface area contributed by atoms with Crippen molar-refractivity contribution in [2.24, 2.45) is 5.92 Å². The van der Waals surface area contributed by atoms with Gasteiger partial charge in [-0.1, -0.05) is 0 Å². The van der Waals surface area contributed by atoms with Crippen LogP contribution in [-0.2, 0) is 6.54 Å². The summed E-state index contributed by atoms with van der Waals surface area (Å²) in [5.41, 5.74) is 1.25. The van der Waals surface area contributed by atoms with Crippen LogP contribution in [0.1, 0.15) is 6.42 Å². The van der Waals surface area contributed by atoms with E-state index >= 15 is 0 Å². The van der Waals surface area contributed by atoms with Crippen LogP contribution >= 0.6 is 0 Å². The average molecular weight is 201 g/mol. The third-order valence-electron chi connectivity index (χ3n) is 3.19. The van der Waals surface area contributed by atoms with Crippen molar-refractivity contribution in [3.05, 3.63) is 30.7 Å². The molecule has 3 heterocycles. The number of aromatic nitrogens is 2. The first-order valence-corrected chi connectivity index (χ1v) is 5.53. The first-order valence-electron chi connectivity index (χ1n) is 5.53. The second kappa shape index (κ2) is 3.66. The second-order valence-electron chi connectivity index (χ2n) is 4.26. The zero-order valence-electron chi connectivity index (χ0n) is 8.69. The van der Waals surface area contributed by atoms with Gasteiger partial charge in [-0.25, -0.2) is 0 Å². The molecule has 0 radical (unpaired) electrons. The molecule has 3 heteroatoms. The van der Waals surface area contributed by atoms with Crippen LogP contribution in [0.4, 0.5) is 0 Å². The van der Waals surface area contributed by atoms with E-state index in [1.165, 1.54) is 23.9 Å². The lowest BCUT2D eigenvalue weighted by atomic mass is 10.1. The fourth-order valence-electron chi connectivity index (χ4n) is 2.34. The Morgan fingerprint density at radius 1 is 1.47 bits per heavy atom.